The van der Waals surface area contributed by atoms with Crippen molar-refractivity contribution in [3.63, 3.8) is 0 Å². The third-order valence-electron chi connectivity index (χ3n) is 4.03. The van der Waals surface area contributed by atoms with Crippen LogP contribution in [0.4, 0.5) is 0 Å². The quantitative estimate of drug-likeness (QED) is 0.142. The average Bonchev–Trinajstić information content (AvgIpc) is 2.65. The normalized spacial score (nSPS) is 12.0. The summed E-state index contributed by atoms with van der Waals surface area (Å²) in [6.45, 7) is 11.3. The predicted molar refractivity (Wildman–Crippen MR) is 136 cm³/mol. The first-order valence-electron chi connectivity index (χ1n) is 10.5. The molecule has 0 fully saturated rings. The molecule has 0 atom stereocenters. The number of nitrogens with zero attached hydrogens (tertiary/aromatic N) is 1. The van der Waals surface area contributed by atoms with Crippen molar-refractivity contribution >= 4 is 40.0 Å². The van der Waals surface area contributed by atoms with Gasteiger partial charge in [-0.15, -0.1) is 24.0 Å². The molecular weight excluding hydrogens is 515 g/mol. The lowest BCUT2D eigenvalue weighted by molar-refractivity contribution is 0.129. The van der Waals surface area contributed by atoms with E-state index in [0.717, 1.165) is 62.7 Å². The van der Waals surface area contributed by atoms with Crippen LogP contribution in [0.3, 0.4) is 0 Å². The second kappa shape index (κ2) is 16.7. The molecule has 9 heteroatoms. The molecule has 0 saturated heterocycles. The van der Waals surface area contributed by atoms with Crippen LogP contribution in [0, 0.1) is 0 Å². The first kappa shape index (κ1) is 29.1. The van der Waals surface area contributed by atoms with E-state index in [1.807, 2.05) is 45.0 Å². The highest BCUT2D eigenvalue weighted by atomic mass is 127. The first-order chi connectivity index (χ1) is 13.9. The van der Waals surface area contributed by atoms with E-state index in [0.29, 0.717) is 6.54 Å². The van der Waals surface area contributed by atoms with E-state index < -0.39 is 10.0 Å². The molecule has 0 aliphatic carbocycles. The van der Waals surface area contributed by atoms with Crippen LogP contribution in [0.2, 0.25) is 0 Å². The van der Waals surface area contributed by atoms with Gasteiger partial charge in [0.05, 0.1) is 12.3 Å². The summed E-state index contributed by atoms with van der Waals surface area (Å²) in [7, 11) is -3.38. The van der Waals surface area contributed by atoms with Crippen LogP contribution in [0.5, 0.6) is 0 Å². The van der Waals surface area contributed by atoms with Gasteiger partial charge in [-0.2, -0.15) is 0 Å². The van der Waals surface area contributed by atoms with E-state index in [9.17, 15) is 8.42 Å². The van der Waals surface area contributed by atoms with Crippen LogP contribution in [-0.4, -0.2) is 46.7 Å². The van der Waals surface area contributed by atoms with Gasteiger partial charge in [0.15, 0.2) is 5.96 Å². The van der Waals surface area contributed by atoms with Gasteiger partial charge in [-0.25, -0.2) is 18.1 Å². The minimum Gasteiger partial charge on any atom is -0.381 e. The molecule has 0 spiro atoms. The predicted octanol–water partition coefficient (Wildman–Crippen LogP) is 3.39. The average molecular weight is 555 g/mol. The third kappa shape index (κ3) is 13.4. The highest BCUT2D eigenvalue weighted by molar-refractivity contribution is 14.0. The molecule has 1 aromatic carbocycles. The molecule has 30 heavy (non-hydrogen) atoms. The number of ether oxygens (including phenoxy) is 1. The van der Waals surface area contributed by atoms with Crippen molar-refractivity contribution in [2.24, 2.45) is 4.99 Å². The van der Waals surface area contributed by atoms with Gasteiger partial charge in [0, 0.05) is 32.3 Å². The number of hydrogen-bond donors (Lipinski definition) is 3. The summed E-state index contributed by atoms with van der Waals surface area (Å²) in [5.41, 5.74) is 1.67. The zero-order valence-corrected chi connectivity index (χ0v) is 21.9. The van der Waals surface area contributed by atoms with Gasteiger partial charge < -0.3 is 15.4 Å². The Morgan fingerprint density at radius 3 is 2.37 bits per heavy atom. The molecule has 0 radical (unpaired) electrons. The Labute approximate surface area is 199 Å². The number of benzene rings is 1. The van der Waals surface area contributed by atoms with Crippen molar-refractivity contribution in [2.45, 2.75) is 65.3 Å². The standard InChI is InChI=1S/C21H38N4O3S.HI/c1-5-7-14-28-15-10-13-23-21(22-6-2)24-16-19-11-8-9-12-20(19)17-29(26,27)25-18(3)4;/h8-9,11-12,18,25H,5-7,10,13-17H2,1-4H3,(H2,22,23,24);1H. The monoisotopic (exact) mass is 554 g/mol. The highest BCUT2D eigenvalue weighted by Crippen LogP contribution is 2.13. The highest BCUT2D eigenvalue weighted by Gasteiger charge is 2.15. The Bertz CT molecular complexity index is 712. The number of aliphatic imine (C=N–C) groups is 1. The number of guanidine groups is 1. The molecule has 0 bridgehead atoms. The zero-order valence-electron chi connectivity index (χ0n) is 18.7. The van der Waals surface area contributed by atoms with E-state index in [2.05, 4.69) is 27.3 Å². The summed E-state index contributed by atoms with van der Waals surface area (Å²) in [5, 5.41) is 6.53. The molecule has 3 N–H and O–H groups in total. The van der Waals surface area contributed by atoms with E-state index in [1.165, 1.54) is 0 Å². The minimum atomic E-state index is -3.38. The van der Waals surface area contributed by atoms with E-state index in [-0.39, 0.29) is 35.8 Å². The Morgan fingerprint density at radius 2 is 1.73 bits per heavy atom. The summed E-state index contributed by atoms with van der Waals surface area (Å²) in [6, 6.07) is 7.41. The van der Waals surface area contributed by atoms with Crippen molar-refractivity contribution < 1.29 is 13.2 Å². The lowest BCUT2D eigenvalue weighted by Crippen LogP contribution is -2.38. The Balaban J connectivity index is 0.00000841. The largest absolute Gasteiger partial charge is 0.381 e. The Hall–Kier alpha value is -0.910. The van der Waals surface area contributed by atoms with Gasteiger partial charge in [-0.3, -0.25) is 0 Å². The van der Waals surface area contributed by atoms with E-state index in [1.54, 1.807) is 0 Å². The summed E-state index contributed by atoms with van der Waals surface area (Å²) in [6.07, 6.45) is 3.15. The van der Waals surface area contributed by atoms with Crippen molar-refractivity contribution in [3.05, 3.63) is 35.4 Å². The number of halogens is 1. The number of unbranched alkanes of at least 4 members (excludes halogenated alkanes) is 1. The fourth-order valence-corrected chi connectivity index (χ4v) is 4.19. The smallest absolute Gasteiger partial charge is 0.216 e. The van der Waals surface area contributed by atoms with Crippen LogP contribution in [0.15, 0.2) is 29.3 Å². The topological polar surface area (TPSA) is 91.8 Å². The van der Waals surface area contributed by atoms with Crippen LogP contribution in [-0.2, 0) is 27.1 Å². The summed E-state index contributed by atoms with van der Waals surface area (Å²) in [5.74, 6) is 0.676. The molecule has 0 unspecified atom stereocenters. The van der Waals surface area contributed by atoms with Crippen LogP contribution < -0.4 is 15.4 Å². The van der Waals surface area contributed by atoms with Gasteiger partial charge in [0.25, 0.3) is 0 Å². The van der Waals surface area contributed by atoms with Gasteiger partial charge in [-0.05, 0) is 44.7 Å². The number of rotatable bonds is 14. The van der Waals surface area contributed by atoms with E-state index >= 15 is 0 Å². The second-order valence-electron chi connectivity index (χ2n) is 7.24. The minimum absolute atomic E-state index is 0. The maximum Gasteiger partial charge on any atom is 0.216 e. The maximum absolute atomic E-state index is 12.3. The number of nitrogens with one attached hydrogen (secondary N) is 3. The van der Waals surface area contributed by atoms with Gasteiger partial charge >= 0.3 is 0 Å². The second-order valence-corrected chi connectivity index (χ2v) is 9.00. The van der Waals surface area contributed by atoms with Gasteiger partial charge in [-0.1, -0.05) is 37.6 Å². The Kier molecular flexibility index (Phi) is 16.2. The number of hydrogen-bond acceptors (Lipinski definition) is 4. The van der Waals surface area contributed by atoms with Gasteiger partial charge in [0.1, 0.15) is 0 Å². The van der Waals surface area contributed by atoms with Crippen molar-refractivity contribution in [1.29, 1.82) is 0 Å². The van der Waals surface area contributed by atoms with Crippen molar-refractivity contribution in [2.75, 3.05) is 26.3 Å². The number of sulfonamides is 1. The fraction of sp³-hybridized carbons (Fsp3) is 0.667. The molecule has 7 nitrogen and oxygen atoms in total. The van der Waals surface area contributed by atoms with Crippen LogP contribution in [0.1, 0.15) is 58.1 Å². The molecule has 0 heterocycles. The molecule has 0 aliphatic rings. The molecule has 1 aromatic rings. The fourth-order valence-electron chi connectivity index (χ4n) is 2.69. The Morgan fingerprint density at radius 1 is 1.07 bits per heavy atom. The molecule has 0 amide bonds. The zero-order chi connectivity index (χ0) is 21.5. The summed E-state index contributed by atoms with van der Waals surface area (Å²) >= 11 is 0. The molecular formula is C21H39IN4O3S. The van der Waals surface area contributed by atoms with E-state index in [4.69, 9.17) is 4.74 Å². The first-order valence-corrected chi connectivity index (χ1v) is 12.2. The lowest BCUT2D eigenvalue weighted by Gasteiger charge is -2.14. The molecule has 0 aliphatic heterocycles. The molecule has 174 valence electrons. The lowest BCUT2D eigenvalue weighted by atomic mass is 10.1. The van der Waals surface area contributed by atoms with Crippen molar-refractivity contribution in [1.82, 2.24) is 15.4 Å². The third-order valence-corrected chi connectivity index (χ3v) is 5.55. The molecule has 0 saturated carbocycles. The van der Waals surface area contributed by atoms with Gasteiger partial charge in [0.2, 0.25) is 10.0 Å². The van der Waals surface area contributed by atoms with Crippen molar-refractivity contribution in [3.8, 4) is 0 Å². The van der Waals surface area contributed by atoms with Crippen LogP contribution in [0.25, 0.3) is 0 Å². The summed E-state index contributed by atoms with van der Waals surface area (Å²) < 4.78 is 32.8. The molecule has 0 aromatic heterocycles. The maximum atomic E-state index is 12.3. The SMILES string of the molecule is CCCCOCCCNC(=NCc1ccccc1CS(=O)(=O)NC(C)C)NCC.I. The molecule has 1 rings (SSSR count). The van der Waals surface area contributed by atoms with Crippen LogP contribution >= 0.6 is 24.0 Å². The summed E-state index contributed by atoms with van der Waals surface area (Å²) in [4.78, 5) is 4.62.